The van der Waals surface area contributed by atoms with Gasteiger partial charge in [0.25, 0.3) is 15.9 Å². The molecule has 6 heteroatoms. The van der Waals surface area contributed by atoms with Crippen LogP contribution in [0.1, 0.15) is 11.1 Å². The minimum atomic E-state index is -3.94. The maximum atomic E-state index is 13.0. The highest BCUT2D eigenvalue weighted by molar-refractivity contribution is 7.97. The number of nitrogens with zero attached hydrogens (tertiary/aromatic N) is 2. The van der Waals surface area contributed by atoms with Crippen molar-refractivity contribution in [3.63, 3.8) is 0 Å². The summed E-state index contributed by atoms with van der Waals surface area (Å²) in [6.07, 6.45) is 0. The Kier molecular flexibility index (Phi) is 3.93. The molecule has 0 atom stereocenters. The lowest BCUT2D eigenvalue weighted by Crippen LogP contribution is -2.39. The van der Waals surface area contributed by atoms with E-state index < -0.39 is 15.9 Å². The number of hydrogen-bond donors (Lipinski definition) is 0. The van der Waals surface area contributed by atoms with Crippen molar-refractivity contribution in [3.8, 4) is 0 Å². The lowest BCUT2D eigenvalue weighted by molar-refractivity contribution is -0.123. The molecular formula is C18H18N2O3S. The van der Waals surface area contributed by atoms with Gasteiger partial charge in [0.15, 0.2) is 4.91 Å². The summed E-state index contributed by atoms with van der Waals surface area (Å²) in [6.45, 7) is 0. The number of amides is 1. The second-order valence-corrected chi connectivity index (χ2v) is 7.67. The van der Waals surface area contributed by atoms with Gasteiger partial charge < -0.3 is 4.90 Å². The molecule has 1 amide bonds. The van der Waals surface area contributed by atoms with E-state index in [4.69, 9.17) is 0 Å². The van der Waals surface area contributed by atoms with E-state index in [1.165, 1.54) is 16.3 Å². The second-order valence-electron chi connectivity index (χ2n) is 5.76. The zero-order chi connectivity index (χ0) is 17.5. The van der Waals surface area contributed by atoms with Gasteiger partial charge >= 0.3 is 0 Å². The average Bonchev–Trinajstić information content (AvgIpc) is 2.58. The van der Waals surface area contributed by atoms with Crippen molar-refractivity contribution >= 4 is 27.2 Å². The van der Waals surface area contributed by atoms with Crippen LogP contribution in [0.25, 0.3) is 5.57 Å². The Labute approximate surface area is 141 Å². The van der Waals surface area contributed by atoms with Crippen LogP contribution in [0.2, 0.25) is 0 Å². The standard InChI is InChI=1S/C18H18N2O3S/c1-19(2)18(21)17-16(13-9-5-4-6-10-13)14-11-7-8-12-15(14)20(3)24(17,22)23/h4-12H,1-3H3. The normalized spacial score (nSPS) is 15.9. The summed E-state index contributed by atoms with van der Waals surface area (Å²) >= 11 is 0. The third kappa shape index (κ3) is 2.39. The number of hydrogen-bond acceptors (Lipinski definition) is 3. The molecule has 3 rings (SSSR count). The number of carbonyl (C=O) groups excluding carboxylic acids is 1. The molecule has 0 aliphatic carbocycles. The van der Waals surface area contributed by atoms with Gasteiger partial charge in [-0.1, -0.05) is 48.5 Å². The monoisotopic (exact) mass is 342 g/mol. The van der Waals surface area contributed by atoms with Crippen molar-refractivity contribution in [2.24, 2.45) is 0 Å². The summed E-state index contributed by atoms with van der Waals surface area (Å²) in [5.41, 5.74) is 2.44. The first kappa shape index (κ1) is 16.3. The molecule has 0 fully saturated rings. The fourth-order valence-electron chi connectivity index (χ4n) is 2.79. The second kappa shape index (κ2) is 5.79. The van der Waals surface area contributed by atoms with Crippen LogP contribution in [0.15, 0.2) is 59.5 Å². The highest BCUT2D eigenvalue weighted by Crippen LogP contribution is 2.42. The van der Waals surface area contributed by atoms with Crippen molar-refractivity contribution in [1.29, 1.82) is 0 Å². The van der Waals surface area contributed by atoms with E-state index in [0.29, 0.717) is 16.8 Å². The van der Waals surface area contributed by atoms with Crippen LogP contribution in [0.3, 0.4) is 0 Å². The number of carbonyl (C=O) groups is 1. The Bertz CT molecular complexity index is 932. The molecule has 0 bridgehead atoms. The van der Waals surface area contributed by atoms with E-state index in [-0.39, 0.29) is 4.91 Å². The Morgan fingerprint density at radius 2 is 1.54 bits per heavy atom. The van der Waals surface area contributed by atoms with Crippen molar-refractivity contribution in [2.75, 3.05) is 25.4 Å². The highest BCUT2D eigenvalue weighted by Gasteiger charge is 2.39. The molecule has 0 aromatic heterocycles. The number of fused-ring (bicyclic) bond motifs is 1. The third-order valence-electron chi connectivity index (χ3n) is 4.02. The Balaban J connectivity index is 2.46. The average molecular weight is 342 g/mol. The first-order valence-electron chi connectivity index (χ1n) is 7.45. The van der Waals surface area contributed by atoms with Crippen LogP contribution in [-0.4, -0.2) is 40.4 Å². The predicted molar refractivity (Wildman–Crippen MR) is 94.9 cm³/mol. The van der Waals surface area contributed by atoms with Gasteiger partial charge in [-0.2, -0.15) is 0 Å². The maximum absolute atomic E-state index is 13.0. The topological polar surface area (TPSA) is 57.7 Å². The third-order valence-corrected chi connectivity index (χ3v) is 5.83. The van der Waals surface area contributed by atoms with Gasteiger partial charge in [0.1, 0.15) is 0 Å². The van der Waals surface area contributed by atoms with E-state index >= 15 is 0 Å². The van der Waals surface area contributed by atoms with Crippen LogP contribution in [0, 0.1) is 0 Å². The Hall–Kier alpha value is -2.60. The van der Waals surface area contributed by atoms with Crippen LogP contribution in [0.4, 0.5) is 5.69 Å². The summed E-state index contributed by atoms with van der Waals surface area (Å²) in [6, 6.07) is 16.3. The van der Waals surface area contributed by atoms with Gasteiger partial charge in [-0.15, -0.1) is 0 Å². The molecule has 124 valence electrons. The number of likely N-dealkylation sites (N-methyl/N-ethyl adjacent to an activating group) is 1. The van der Waals surface area contributed by atoms with Crippen molar-refractivity contribution < 1.29 is 13.2 Å². The van der Waals surface area contributed by atoms with E-state index in [1.54, 1.807) is 26.2 Å². The molecule has 0 saturated heterocycles. The molecule has 0 radical (unpaired) electrons. The molecule has 0 N–H and O–H groups in total. The van der Waals surface area contributed by atoms with E-state index in [1.807, 2.05) is 42.5 Å². The molecule has 0 unspecified atom stereocenters. The van der Waals surface area contributed by atoms with Crippen LogP contribution in [-0.2, 0) is 14.8 Å². The minimum Gasteiger partial charge on any atom is -0.344 e. The van der Waals surface area contributed by atoms with Gasteiger partial charge in [-0.05, 0) is 11.6 Å². The molecule has 1 aliphatic heterocycles. The molecule has 2 aromatic carbocycles. The van der Waals surface area contributed by atoms with E-state index in [0.717, 1.165) is 5.56 Å². The number of sulfonamides is 1. The first-order valence-corrected chi connectivity index (χ1v) is 8.89. The van der Waals surface area contributed by atoms with Crippen LogP contribution in [0.5, 0.6) is 0 Å². The smallest absolute Gasteiger partial charge is 0.270 e. The SMILES string of the molecule is CN(C)C(=O)C1=C(c2ccccc2)c2ccccc2N(C)S1(=O)=O. The number of para-hydroxylation sites is 1. The van der Waals surface area contributed by atoms with Crippen LogP contribution >= 0.6 is 0 Å². The molecule has 1 aliphatic rings. The molecule has 0 saturated carbocycles. The van der Waals surface area contributed by atoms with Gasteiger partial charge in [0.2, 0.25) is 0 Å². The summed E-state index contributed by atoms with van der Waals surface area (Å²) in [5.74, 6) is -0.532. The predicted octanol–water partition coefficient (Wildman–Crippen LogP) is 2.31. The quantitative estimate of drug-likeness (QED) is 0.841. The van der Waals surface area contributed by atoms with Gasteiger partial charge in [0.05, 0.1) is 5.69 Å². The molecule has 0 spiro atoms. The Morgan fingerprint density at radius 1 is 0.958 bits per heavy atom. The molecule has 24 heavy (non-hydrogen) atoms. The highest BCUT2D eigenvalue weighted by atomic mass is 32.2. The van der Waals surface area contributed by atoms with Crippen molar-refractivity contribution in [2.45, 2.75) is 0 Å². The number of benzene rings is 2. The summed E-state index contributed by atoms with van der Waals surface area (Å²) in [7, 11) is 0.635. The minimum absolute atomic E-state index is 0.195. The largest absolute Gasteiger partial charge is 0.344 e. The van der Waals surface area contributed by atoms with E-state index in [9.17, 15) is 13.2 Å². The maximum Gasteiger partial charge on any atom is 0.270 e. The summed E-state index contributed by atoms with van der Waals surface area (Å²) in [4.78, 5) is 13.8. The number of anilines is 1. The lowest BCUT2D eigenvalue weighted by atomic mass is 9.95. The van der Waals surface area contributed by atoms with Crippen LogP contribution < -0.4 is 4.31 Å². The molecular weight excluding hydrogens is 324 g/mol. The molecule has 2 aromatic rings. The lowest BCUT2D eigenvalue weighted by Gasteiger charge is -2.31. The Morgan fingerprint density at radius 3 is 2.17 bits per heavy atom. The fraction of sp³-hybridized carbons (Fsp3) is 0.167. The summed E-state index contributed by atoms with van der Waals surface area (Å²) in [5, 5.41) is 0. The van der Waals surface area contributed by atoms with Gasteiger partial charge in [0, 0.05) is 32.3 Å². The van der Waals surface area contributed by atoms with Gasteiger partial charge in [-0.25, -0.2) is 8.42 Å². The summed E-state index contributed by atoms with van der Waals surface area (Å²) < 4.78 is 27.2. The molecule has 5 nitrogen and oxygen atoms in total. The zero-order valence-corrected chi connectivity index (χ0v) is 14.5. The van der Waals surface area contributed by atoms with Gasteiger partial charge in [-0.3, -0.25) is 9.10 Å². The van der Waals surface area contributed by atoms with Crippen molar-refractivity contribution in [3.05, 3.63) is 70.6 Å². The first-order chi connectivity index (χ1) is 11.4. The van der Waals surface area contributed by atoms with Crippen molar-refractivity contribution in [1.82, 2.24) is 4.90 Å². The van der Waals surface area contributed by atoms with E-state index in [2.05, 4.69) is 0 Å². The zero-order valence-electron chi connectivity index (χ0n) is 13.7. The fourth-order valence-corrected chi connectivity index (χ4v) is 4.37. The number of rotatable bonds is 2. The molecule has 1 heterocycles.